The Morgan fingerprint density at radius 2 is 2.12 bits per heavy atom. The first-order chi connectivity index (χ1) is 7.47. The van der Waals surface area contributed by atoms with Gasteiger partial charge in [-0.3, -0.25) is 5.41 Å². The zero-order valence-corrected chi connectivity index (χ0v) is 10.5. The first-order valence-corrected chi connectivity index (χ1v) is 5.65. The van der Waals surface area contributed by atoms with E-state index in [-0.39, 0.29) is 5.84 Å². The SMILES string of the molecule is CCC(C)N(C)c1ccc(C(=N)N)c(C)c1. The summed E-state index contributed by atoms with van der Waals surface area (Å²) >= 11 is 0. The summed E-state index contributed by atoms with van der Waals surface area (Å²) in [4.78, 5) is 2.25. The van der Waals surface area contributed by atoms with Gasteiger partial charge in [0.15, 0.2) is 0 Å². The molecule has 0 aliphatic rings. The van der Waals surface area contributed by atoms with Crippen molar-refractivity contribution in [3.63, 3.8) is 0 Å². The van der Waals surface area contributed by atoms with Gasteiger partial charge in [0.1, 0.15) is 5.84 Å². The molecule has 1 rings (SSSR count). The number of benzene rings is 1. The van der Waals surface area contributed by atoms with Gasteiger partial charge in [-0.1, -0.05) is 6.92 Å². The number of aryl methyl sites for hydroxylation is 1. The van der Waals surface area contributed by atoms with Gasteiger partial charge in [0.2, 0.25) is 0 Å². The summed E-state index contributed by atoms with van der Waals surface area (Å²) in [5.41, 5.74) is 8.55. The van der Waals surface area contributed by atoms with Gasteiger partial charge >= 0.3 is 0 Å². The normalized spacial score (nSPS) is 12.2. The lowest BCUT2D eigenvalue weighted by atomic mass is 10.1. The van der Waals surface area contributed by atoms with Crippen molar-refractivity contribution in [2.45, 2.75) is 33.2 Å². The van der Waals surface area contributed by atoms with Crippen LogP contribution in [0.3, 0.4) is 0 Å². The van der Waals surface area contributed by atoms with Gasteiger partial charge in [0.05, 0.1) is 0 Å². The van der Waals surface area contributed by atoms with Crippen LogP contribution in [0.15, 0.2) is 18.2 Å². The van der Waals surface area contributed by atoms with Crippen molar-refractivity contribution < 1.29 is 0 Å². The monoisotopic (exact) mass is 219 g/mol. The molecule has 1 atom stereocenters. The Balaban J connectivity index is 3.01. The number of anilines is 1. The Bertz CT molecular complexity index is 385. The highest BCUT2D eigenvalue weighted by Crippen LogP contribution is 2.20. The minimum Gasteiger partial charge on any atom is -0.384 e. The average molecular weight is 219 g/mol. The maximum Gasteiger partial charge on any atom is 0.123 e. The standard InChI is InChI=1S/C13H21N3/c1-5-10(3)16(4)11-6-7-12(13(14)15)9(2)8-11/h6-8,10H,5H2,1-4H3,(H3,14,15). The van der Waals surface area contributed by atoms with Crippen molar-refractivity contribution in [3.05, 3.63) is 29.3 Å². The van der Waals surface area contributed by atoms with Crippen LogP contribution in [0.1, 0.15) is 31.4 Å². The third-order valence-electron chi connectivity index (χ3n) is 3.16. The zero-order valence-electron chi connectivity index (χ0n) is 10.5. The van der Waals surface area contributed by atoms with Crippen LogP contribution < -0.4 is 10.6 Å². The summed E-state index contributed by atoms with van der Waals surface area (Å²) in [6.07, 6.45) is 1.12. The molecule has 0 heterocycles. The highest BCUT2D eigenvalue weighted by Gasteiger charge is 2.09. The molecule has 0 aromatic heterocycles. The molecule has 88 valence electrons. The molecule has 0 aliphatic heterocycles. The summed E-state index contributed by atoms with van der Waals surface area (Å²) < 4.78 is 0. The molecule has 0 bridgehead atoms. The molecule has 0 amide bonds. The van der Waals surface area contributed by atoms with Crippen molar-refractivity contribution in [1.29, 1.82) is 5.41 Å². The van der Waals surface area contributed by atoms with Crippen LogP contribution >= 0.6 is 0 Å². The molecule has 1 aromatic rings. The number of nitrogens with one attached hydrogen (secondary N) is 1. The fraction of sp³-hybridized carbons (Fsp3) is 0.462. The second kappa shape index (κ2) is 5.01. The van der Waals surface area contributed by atoms with Crippen LogP contribution in [0.4, 0.5) is 5.69 Å². The van der Waals surface area contributed by atoms with Crippen molar-refractivity contribution in [1.82, 2.24) is 0 Å². The van der Waals surface area contributed by atoms with Crippen molar-refractivity contribution in [3.8, 4) is 0 Å². The van der Waals surface area contributed by atoms with Gasteiger partial charge in [-0.15, -0.1) is 0 Å². The molecule has 1 unspecified atom stereocenters. The topological polar surface area (TPSA) is 53.1 Å². The lowest BCUT2D eigenvalue weighted by Gasteiger charge is -2.26. The van der Waals surface area contributed by atoms with E-state index in [1.165, 1.54) is 5.69 Å². The van der Waals surface area contributed by atoms with Gasteiger partial charge < -0.3 is 10.6 Å². The van der Waals surface area contributed by atoms with Gasteiger partial charge in [-0.2, -0.15) is 0 Å². The second-order valence-electron chi connectivity index (χ2n) is 4.28. The zero-order chi connectivity index (χ0) is 12.3. The second-order valence-corrected chi connectivity index (χ2v) is 4.28. The molecule has 1 aromatic carbocycles. The van der Waals surface area contributed by atoms with Crippen LogP contribution in [0, 0.1) is 12.3 Å². The lowest BCUT2D eigenvalue weighted by Crippen LogP contribution is -2.28. The first-order valence-electron chi connectivity index (χ1n) is 5.65. The summed E-state index contributed by atoms with van der Waals surface area (Å²) in [5, 5.41) is 7.44. The molecule has 0 aliphatic carbocycles. The predicted molar refractivity (Wildman–Crippen MR) is 70.4 cm³/mol. The van der Waals surface area contributed by atoms with E-state index in [9.17, 15) is 0 Å². The molecule has 0 fully saturated rings. The number of rotatable bonds is 4. The van der Waals surface area contributed by atoms with Crippen LogP contribution in [0.25, 0.3) is 0 Å². The number of hydrogen-bond acceptors (Lipinski definition) is 2. The van der Waals surface area contributed by atoms with Crippen LogP contribution in [-0.4, -0.2) is 18.9 Å². The first kappa shape index (κ1) is 12.6. The maximum atomic E-state index is 7.44. The van der Waals surface area contributed by atoms with E-state index in [2.05, 4.69) is 31.9 Å². The number of amidine groups is 1. The van der Waals surface area contributed by atoms with Gasteiger partial charge in [0, 0.05) is 24.3 Å². The molecular formula is C13H21N3. The molecule has 0 spiro atoms. The highest BCUT2D eigenvalue weighted by atomic mass is 15.1. The van der Waals surface area contributed by atoms with Gasteiger partial charge in [-0.25, -0.2) is 0 Å². The van der Waals surface area contributed by atoms with Gasteiger partial charge in [0.25, 0.3) is 0 Å². The number of nitrogens with zero attached hydrogens (tertiary/aromatic N) is 1. The Morgan fingerprint density at radius 1 is 1.50 bits per heavy atom. The van der Waals surface area contributed by atoms with E-state index in [0.29, 0.717) is 6.04 Å². The minimum atomic E-state index is 0.134. The Hall–Kier alpha value is -1.51. The predicted octanol–water partition coefficient (Wildman–Crippen LogP) is 2.51. The molecule has 0 saturated heterocycles. The molecule has 16 heavy (non-hydrogen) atoms. The van der Waals surface area contributed by atoms with Gasteiger partial charge in [-0.05, 0) is 44.0 Å². The molecular weight excluding hydrogens is 198 g/mol. The van der Waals surface area contributed by atoms with E-state index in [0.717, 1.165) is 17.5 Å². The average Bonchev–Trinajstić information content (AvgIpc) is 2.26. The van der Waals surface area contributed by atoms with Crippen LogP contribution in [0.2, 0.25) is 0 Å². The Kier molecular flexibility index (Phi) is 3.93. The summed E-state index contributed by atoms with van der Waals surface area (Å²) in [5.74, 6) is 0.134. The number of nitrogen functional groups attached to an aromatic ring is 1. The molecule has 3 N–H and O–H groups in total. The minimum absolute atomic E-state index is 0.134. The largest absolute Gasteiger partial charge is 0.384 e. The summed E-state index contributed by atoms with van der Waals surface area (Å²) in [6.45, 7) is 6.37. The molecule has 0 saturated carbocycles. The maximum absolute atomic E-state index is 7.44. The van der Waals surface area contributed by atoms with Crippen LogP contribution in [0.5, 0.6) is 0 Å². The molecule has 3 heteroatoms. The van der Waals surface area contributed by atoms with E-state index in [4.69, 9.17) is 11.1 Å². The molecule has 0 radical (unpaired) electrons. The van der Waals surface area contributed by atoms with E-state index in [1.807, 2.05) is 19.1 Å². The van der Waals surface area contributed by atoms with Crippen molar-refractivity contribution >= 4 is 11.5 Å². The number of nitrogens with two attached hydrogens (primary N) is 1. The number of hydrogen-bond donors (Lipinski definition) is 2. The lowest BCUT2D eigenvalue weighted by molar-refractivity contribution is 0.664. The third-order valence-corrected chi connectivity index (χ3v) is 3.16. The Labute approximate surface area is 97.8 Å². The Morgan fingerprint density at radius 3 is 2.56 bits per heavy atom. The third kappa shape index (κ3) is 2.54. The van der Waals surface area contributed by atoms with E-state index in [1.54, 1.807) is 0 Å². The van der Waals surface area contributed by atoms with Crippen LogP contribution in [-0.2, 0) is 0 Å². The fourth-order valence-electron chi connectivity index (χ4n) is 1.70. The summed E-state index contributed by atoms with van der Waals surface area (Å²) in [6, 6.07) is 6.55. The smallest absolute Gasteiger partial charge is 0.123 e. The van der Waals surface area contributed by atoms with Crippen molar-refractivity contribution in [2.75, 3.05) is 11.9 Å². The van der Waals surface area contributed by atoms with E-state index >= 15 is 0 Å². The fourth-order valence-corrected chi connectivity index (χ4v) is 1.70. The summed E-state index contributed by atoms with van der Waals surface area (Å²) in [7, 11) is 2.09. The highest BCUT2D eigenvalue weighted by molar-refractivity contribution is 5.96. The van der Waals surface area contributed by atoms with Crippen molar-refractivity contribution in [2.24, 2.45) is 5.73 Å². The van der Waals surface area contributed by atoms with E-state index < -0.39 is 0 Å². The molecule has 3 nitrogen and oxygen atoms in total. The quantitative estimate of drug-likeness (QED) is 0.604.